The summed E-state index contributed by atoms with van der Waals surface area (Å²) in [4.78, 5) is 0. The van der Waals surface area contributed by atoms with Crippen LogP contribution in [0.4, 0.5) is 0 Å². The van der Waals surface area contributed by atoms with Gasteiger partial charge in [-0.3, -0.25) is 0 Å². The fourth-order valence-electron chi connectivity index (χ4n) is 2.84. The Labute approximate surface area is 115 Å². The van der Waals surface area contributed by atoms with Crippen LogP contribution in [0.2, 0.25) is 0 Å². The van der Waals surface area contributed by atoms with Crippen molar-refractivity contribution in [1.29, 1.82) is 0 Å². The highest BCUT2D eigenvalue weighted by atomic mass is 16.3. The molecule has 1 aliphatic carbocycles. The van der Waals surface area contributed by atoms with Gasteiger partial charge in [0.25, 0.3) is 0 Å². The Morgan fingerprint density at radius 2 is 1.84 bits per heavy atom. The second-order valence-corrected chi connectivity index (χ2v) is 6.01. The van der Waals surface area contributed by atoms with Gasteiger partial charge in [-0.25, -0.2) is 0 Å². The van der Waals surface area contributed by atoms with E-state index in [1.54, 1.807) is 12.1 Å². The lowest BCUT2D eigenvalue weighted by Crippen LogP contribution is -2.50. The maximum absolute atomic E-state index is 9.67. The van der Waals surface area contributed by atoms with Crippen LogP contribution in [0.25, 0.3) is 0 Å². The monoisotopic (exact) mass is 263 g/mol. The van der Waals surface area contributed by atoms with Crippen LogP contribution < -0.4 is 5.32 Å². The van der Waals surface area contributed by atoms with E-state index in [2.05, 4.69) is 12.2 Å². The fourth-order valence-corrected chi connectivity index (χ4v) is 2.84. The first kappa shape index (κ1) is 14.4. The van der Waals surface area contributed by atoms with Gasteiger partial charge >= 0.3 is 0 Å². The number of aryl methyl sites for hydroxylation is 1. The van der Waals surface area contributed by atoms with E-state index in [1.807, 2.05) is 12.1 Å². The highest BCUT2D eigenvalue weighted by Gasteiger charge is 2.27. The quantitative estimate of drug-likeness (QED) is 0.739. The van der Waals surface area contributed by atoms with Crippen molar-refractivity contribution in [3.63, 3.8) is 0 Å². The van der Waals surface area contributed by atoms with Gasteiger partial charge in [-0.2, -0.15) is 0 Å². The zero-order valence-corrected chi connectivity index (χ0v) is 11.7. The first-order chi connectivity index (χ1) is 9.11. The number of nitrogens with one attached hydrogen (secondary N) is 1. The van der Waals surface area contributed by atoms with Gasteiger partial charge < -0.3 is 15.5 Å². The van der Waals surface area contributed by atoms with Crippen LogP contribution in [0.5, 0.6) is 5.75 Å². The van der Waals surface area contributed by atoms with Crippen LogP contribution >= 0.6 is 0 Å². The average Bonchev–Trinajstić information content (AvgIpc) is 2.91. The van der Waals surface area contributed by atoms with Gasteiger partial charge in [-0.1, -0.05) is 25.0 Å². The number of phenolic OH excluding ortho intramolecular Hbond substituents is 1. The molecule has 1 aliphatic rings. The maximum atomic E-state index is 9.67. The molecular formula is C16H25NO2. The summed E-state index contributed by atoms with van der Waals surface area (Å²) in [5.74, 6) is 0.303. The summed E-state index contributed by atoms with van der Waals surface area (Å²) in [6.45, 7) is 2.27. The van der Waals surface area contributed by atoms with Gasteiger partial charge in [-0.15, -0.1) is 0 Å². The molecule has 0 saturated heterocycles. The van der Waals surface area contributed by atoms with E-state index in [-0.39, 0.29) is 12.1 Å². The minimum Gasteiger partial charge on any atom is -0.508 e. The Hall–Kier alpha value is -1.06. The van der Waals surface area contributed by atoms with E-state index in [0.717, 1.165) is 12.8 Å². The average molecular weight is 263 g/mol. The summed E-state index contributed by atoms with van der Waals surface area (Å²) in [5.41, 5.74) is 0.998. The Kier molecular flexibility index (Phi) is 4.83. The normalized spacial score (nSPS) is 19.5. The molecule has 0 radical (unpaired) electrons. The van der Waals surface area contributed by atoms with Gasteiger partial charge in [-0.05, 0) is 50.3 Å². The molecule has 0 heterocycles. The van der Waals surface area contributed by atoms with Crippen molar-refractivity contribution in [2.45, 2.75) is 57.0 Å². The molecule has 0 spiro atoms. The van der Waals surface area contributed by atoms with E-state index in [1.165, 1.54) is 31.2 Å². The standard InChI is InChI=1S/C16H25NO2/c1-16(12-18,17-14-4-2-3-5-14)11-10-13-6-8-15(19)9-7-13/h6-9,14,17-19H,2-5,10-12H2,1H3. The second kappa shape index (κ2) is 6.40. The first-order valence-corrected chi connectivity index (χ1v) is 7.28. The largest absolute Gasteiger partial charge is 0.508 e. The van der Waals surface area contributed by atoms with Crippen molar-refractivity contribution in [2.24, 2.45) is 0 Å². The molecule has 1 fully saturated rings. The number of phenols is 1. The van der Waals surface area contributed by atoms with Crippen molar-refractivity contribution in [3.8, 4) is 5.75 Å². The Balaban J connectivity index is 1.88. The van der Waals surface area contributed by atoms with Crippen molar-refractivity contribution in [1.82, 2.24) is 5.32 Å². The topological polar surface area (TPSA) is 52.5 Å². The van der Waals surface area contributed by atoms with Crippen molar-refractivity contribution < 1.29 is 10.2 Å². The van der Waals surface area contributed by atoms with Gasteiger partial charge in [0.15, 0.2) is 0 Å². The minimum absolute atomic E-state index is 0.168. The highest BCUT2D eigenvalue weighted by molar-refractivity contribution is 5.26. The Bertz CT molecular complexity index is 384. The molecule has 3 heteroatoms. The lowest BCUT2D eigenvalue weighted by molar-refractivity contribution is 0.153. The van der Waals surface area contributed by atoms with Crippen LogP contribution in [0.1, 0.15) is 44.6 Å². The summed E-state index contributed by atoms with van der Waals surface area (Å²) in [7, 11) is 0. The lowest BCUT2D eigenvalue weighted by Gasteiger charge is -2.32. The van der Waals surface area contributed by atoms with E-state index in [4.69, 9.17) is 0 Å². The number of hydrogen-bond donors (Lipinski definition) is 3. The summed E-state index contributed by atoms with van der Waals surface area (Å²) in [6.07, 6.45) is 6.89. The van der Waals surface area contributed by atoms with Gasteiger partial charge in [0.2, 0.25) is 0 Å². The predicted octanol–water partition coefficient (Wildman–Crippen LogP) is 2.61. The Morgan fingerprint density at radius 1 is 1.21 bits per heavy atom. The van der Waals surface area contributed by atoms with Gasteiger partial charge in [0.1, 0.15) is 5.75 Å². The third kappa shape index (κ3) is 4.22. The van der Waals surface area contributed by atoms with Crippen molar-refractivity contribution in [3.05, 3.63) is 29.8 Å². The summed E-state index contributed by atoms with van der Waals surface area (Å²) in [6, 6.07) is 7.90. The molecule has 106 valence electrons. The van der Waals surface area contributed by atoms with Crippen molar-refractivity contribution in [2.75, 3.05) is 6.61 Å². The zero-order valence-electron chi connectivity index (χ0n) is 11.7. The molecule has 1 saturated carbocycles. The predicted molar refractivity (Wildman–Crippen MR) is 77.3 cm³/mol. The lowest BCUT2D eigenvalue weighted by atomic mass is 9.92. The number of benzene rings is 1. The number of aliphatic hydroxyl groups excluding tert-OH is 1. The smallest absolute Gasteiger partial charge is 0.115 e. The zero-order chi connectivity index (χ0) is 13.7. The van der Waals surface area contributed by atoms with Crippen LogP contribution in [-0.2, 0) is 6.42 Å². The summed E-state index contributed by atoms with van der Waals surface area (Å²) in [5, 5.41) is 22.6. The minimum atomic E-state index is -0.201. The summed E-state index contributed by atoms with van der Waals surface area (Å²) < 4.78 is 0. The highest BCUT2D eigenvalue weighted by Crippen LogP contribution is 2.23. The molecule has 2 rings (SSSR count). The molecule has 0 amide bonds. The first-order valence-electron chi connectivity index (χ1n) is 7.28. The molecule has 1 aromatic carbocycles. The molecule has 0 bridgehead atoms. The molecule has 1 atom stereocenters. The van der Waals surface area contributed by atoms with Crippen molar-refractivity contribution >= 4 is 0 Å². The maximum Gasteiger partial charge on any atom is 0.115 e. The SMILES string of the molecule is CC(CO)(CCc1ccc(O)cc1)NC1CCCC1. The van der Waals surface area contributed by atoms with E-state index < -0.39 is 0 Å². The molecule has 1 aromatic rings. The van der Waals surface area contributed by atoms with E-state index >= 15 is 0 Å². The molecular weight excluding hydrogens is 238 g/mol. The summed E-state index contributed by atoms with van der Waals surface area (Å²) >= 11 is 0. The van der Waals surface area contributed by atoms with E-state index in [9.17, 15) is 10.2 Å². The number of aromatic hydroxyl groups is 1. The molecule has 0 aromatic heterocycles. The molecule has 19 heavy (non-hydrogen) atoms. The Morgan fingerprint density at radius 3 is 2.42 bits per heavy atom. The van der Waals surface area contributed by atoms with E-state index in [0.29, 0.717) is 11.8 Å². The number of hydrogen-bond acceptors (Lipinski definition) is 3. The van der Waals surface area contributed by atoms with Crippen LogP contribution in [0.15, 0.2) is 24.3 Å². The fraction of sp³-hybridized carbons (Fsp3) is 0.625. The van der Waals surface area contributed by atoms with Gasteiger partial charge in [0, 0.05) is 11.6 Å². The second-order valence-electron chi connectivity index (χ2n) is 6.01. The number of aliphatic hydroxyl groups is 1. The van der Waals surface area contributed by atoms with Crippen LogP contribution in [0.3, 0.4) is 0 Å². The van der Waals surface area contributed by atoms with Crippen LogP contribution in [0, 0.1) is 0 Å². The van der Waals surface area contributed by atoms with Crippen LogP contribution in [-0.4, -0.2) is 28.4 Å². The molecule has 0 aliphatic heterocycles. The molecule has 3 N–H and O–H groups in total. The molecule has 3 nitrogen and oxygen atoms in total. The number of rotatable bonds is 6. The molecule has 1 unspecified atom stereocenters. The third-order valence-electron chi connectivity index (χ3n) is 4.16. The van der Waals surface area contributed by atoms with Gasteiger partial charge in [0.05, 0.1) is 6.61 Å². The third-order valence-corrected chi connectivity index (χ3v) is 4.16.